The molecule has 3 rings (SSSR count). The second-order valence-electron chi connectivity index (χ2n) is 6.21. The minimum absolute atomic E-state index is 0.237. The molecule has 3 unspecified atom stereocenters. The molecule has 0 aliphatic heterocycles. The van der Waals surface area contributed by atoms with Gasteiger partial charge in [0.05, 0.1) is 0 Å². The van der Waals surface area contributed by atoms with Crippen molar-refractivity contribution in [2.24, 2.45) is 17.8 Å². The van der Waals surface area contributed by atoms with E-state index in [1.54, 1.807) is 0 Å². The van der Waals surface area contributed by atoms with Gasteiger partial charge in [-0.25, -0.2) is 0 Å². The fourth-order valence-corrected chi connectivity index (χ4v) is 3.85. The normalized spacial score (nSPS) is 27.8. The Morgan fingerprint density at radius 3 is 2.80 bits per heavy atom. The van der Waals surface area contributed by atoms with Crippen LogP contribution < -0.4 is 10.6 Å². The number of para-hydroxylation sites is 1. The second kappa shape index (κ2) is 5.96. The van der Waals surface area contributed by atoms with E-state index in [0.717, 1.165) is 31.1 Å². The number of benzene rings is 1. The standard InChI is InChI=1S/C17H24N2O/c1-2-18-11-14-5-3-4-6-16(14)19-17(20)15-10-12-7-8-13(15)9-12/h3-6,12-13,15,18H,2,7-11H2,1H3,(H,19,20). The summed E-state index contributed by atoms with van der Waals surface area (Å²) in [7, 11) is 0. The van der Waals surface area contributed by atoms with Crippen LogP contribution in [0.1, 0.15) is 38.2 Å². The zero-order chi connectivity index (χ0) is 13.9. The molecule has 1 aromatic carbocycles. The van der Waals surface area contributed by atoms with Crippen molar-refractivity contribution in [3.8, 4) is 0 Å². The molecule has 1 amide bonds. The van der Waals surface area contributed by atoms with Crippen molar-refractivity contribution in [2.75, 3.05) is 11.9 Å². The summed E-state index contributed by atoms with van der Waals surface area (Å²) < 4.78 is 0. The van der Waals surface area contributed by atoms with E-state index >= 15 is 0 Å². The number of amides is 1. The summed E-state index contributed by atoms with van der Waals surface area (Å²) in [6.45, 7) is 3.84. The van der Waals surface area contributed by atoms with E-state index in [1.807, 2.05) is 18.2 Å². The monoisotopic (exact) mass is 272 g/mol. The number of anilines is 1. The van der Waals surface area contributed by atoms with Crippen molar-refractivity contribution in [1.29, 1.82) is 0 Å². The minimum Gasteiger partial charge on any atom is -0.326 e. The van der Waals surface area contributed by atoms with Crippen LogP contribution in [-0.4, -0.2) is 12.5 Å². The van der Waals surface area contributed by atoms with E-state index in [1.165, 1.54) is 24.8 Å². The lowest BCUT2D eigenvalue weighted by Crippen LogP contribution is -2.28. The first kappa shape index (κ1) is 13.6. The zero-order valence-electron chi connectivity index (χ0n) is 12.2. The molecule has 0 spiro atoms. The van der Waals surface area contributed by atoms with Gasteiger partial charge in [-0.15, -0.1) is 0 Å². The van der Waals surface area contributed by atoms with Crippen LogP contribution in [0, 0.1) is 17.8 Å². The number of fused-ring (bicyclic) bond motifs is 2. The van der Waals surface area contributed by atoms with E-state index in [-0.39, 0.29) is 11.8 Å². The summed E-state index contributed by atoms with van der Waals surface area (Å²) >= 11 is 0. The molecule has 2 aliphatic carbocycles. The van der Waals surface area contributed by atoms with Gasteiger partial charge in [-0.3, -0.25) is 4.79 Å². The number of rotatable bonds is 5. The number of carbonyl (C=O) groups excluding carboxylic acids is 1. The van der Waals surface area contributed by atoms with E-state index in [9.17, 15) is 4.79 Å². The molecule has 2 aliphatic rings. The van der Waals surface area contributed by atoms with Crippen LogP contribution in [0.3, 0.4) is 0 Å². The third kappa shape index (κ3) is 2.73. The number of hydrogen-bond donors (Lipinski definition) is 2. The lowest BCUT2D eigenvalue weighted by Gasteiger charge is -2.21. The van der Waals surface area contributed by atoms with Crippen molar-refractivity contribution >= 4 is 11.6 Å². The van der Waals surface area contributed by atoms with Crippen molar-refractivity contribution in [2.45, 2.75) is 39.2 Å². The first-order valence-corrected chi connectivity index (χ1v) is 7.87. The molecule has 3 atom stereocenters. The smallest absolute Gasteiger partial charge is 0.227 e. The fourth-order valence-electron chi connectivity index (χ4n) is 3.85. The van der Waals surface area contributed by atoms with Gasteiger partial charge in [-0.1, -0.05) is 31.5 Å². The quantitative estimate of drug-likeness (QED) is 0.864. The van der Waals surface area contributed by atoms with Crippen molar-refractivity contribution < 1.29 is 4.79 Å². The summed E-state index contributed by atoms with van der Waals surface area (Å²) in [4.78, 5) is 12.5. The van der Waals surface area contributed by atoms with Crippen LogP contribution in [0.25, 0.3) is 0 Å². The highest BCUT2D eigenvalue weighted by molar-refractivity contribution is 5.93. The summed E-state index contributed by atoms with van der Waals surface area (Å²) in [6.07, 6.45) is 4.97. The maximum absolute atomic E-state index is 12.5. The molecule has 0 radical (unpaired) electrons. The molecule has 108 valence electrons. The van der Waals surface area contributed by atoms with Gasteiger partial charge >= 0.3 is 0 Å². The molecule has 0 aromatic heterocycles. The van der Waals surface area contributed by atoms with Crippen molar-refractivity contribution in [3.05, 3.63) is 29.8 Å². The number of hydrogen-bond acceptors (Lipinski definition) is 2. The highest BCUT2D eigenvalue weighted by Gasteiger charge is 2.43. The van der Waals surface area contributed by atoms with Crippen LogP contribution in [0.5, 0.6) is 0 Å². The van der Waals surface area contributed by atoms with Crippen LogP contribution in [-0.2, 0) is 11.3 Å². The Bertz CT molecular complexity index is 486. The van der Waals surface area contributed by atoms with E-state index in [0.29, 0.717) is 5.92 Å². The molecule has 2 bridgehead atoms. The average Bonchev–Trinajstić information content (AvgIpc) is 3.09. The van der Waals surface area contributed by atoms with Gasteiger partial charge < -0.3 is 10.6 Å². The molecule has 2 N–H and O–H groups in total. The van der Waals surface area contributed by atoms with E-state index in [2.05, 4.69) is 23.6 Å². The average molecular weight is 272 g/mol. The van der Waals surface area contributed by atoms with Crippen LogP contribution in [0.4, 0.5) is 5.69 Å². The molecule has 3 nitrogen and oxygen atoms in total. The molecule has 0 heterocycles. The van der Waals surface area contributed by atoms with Gasteiger partial charge in [0.15, 0.2) is 0 Å². The minimum atomic E-state index is 0.237. The third-order valence-corrected chi connectivity index (χ3v) is 4.92. The molecular formula is C17H24N2O. The van der Waals surface area contributed by atoms with E-state index in [4.69, 9.17) is 0 Å². The number of nitrogens with one attached hydrogen (secondary N) is 2. The Labute approximate surface area is 121 Å². The van der Waals surface area contributed by atoms with Gasteiger partial charge in [0.2, 0.25) is 5.91 Å². The molecule has 2 saturated carbocycles. The molecule has 0 saturated heterocycles. The molecule has 1 aromatic rings. The van der Waals surface area contributed by atoms with Gasteiger partial charge in [-0.05, 0) is 49.3 Å². The van der Waals surface area contributed by atoms with Gasteiger partial charge in [0.25, 0.3) is 0 Å². The first-order valence-electron chi connectivity index (χ1n) is 7.87. The largest absolute Gasteiger partial charge is 0.326 e. The predicted molar refractivity (Wildman–Crippen MR) is 81.4 cm³/mol. The first-order chi connectivity index (χ1) is 9.78. The lowest BCUT2D eigenvalue weighted by molar-refractivity contribution is -0.121. The number of carbonyl (C=O) groups is 1. The van der Waals surface area contributed by atoms with Gasteiger partial charge in [0, 0.05) is 18.2 Å². The Hall–Kier alpha value is -1.35. The summed E-state index contributed by atoms with van der Waals surface area (Å²) in [5, 5.41) is 6.49. The maximum Gasteiger partial charge on any atom is 0.227 e. The summed E-state index contributed by atoms with van der Waals surface area (Å²) in [5.74, 6) is 1.94. The predicted octanol–water partition coefficient (Wildman–Crippen LogP) is 3.17. The topological polar surface area (TPSA) is 41.1 Å². The van der Waals surface area contributed by atoms with Crippen LogP contribution in [0.2, 0.25) is 0 Å². The molecule has 3 heteroatoms. The lowest BCUT2D eigenvalue weighted by atomic mass is 9.88. The van der Waals surface area contributed by atoms with Crippen molar-refractivity contribution in [3.63, 3.8) is 0 Å². The zero-order valence-corrected chi connectivity index (χ0v) is 12.2. The van der Waals surface area contributed by atoms with E-state index < -0.39 is 0 Å². The highest BCUT2D eigenvalue weighted by atomic mass is 16.1. The molecule has 2 fully saturated rings. The van der Waals surface area contributed by atoms with Crippen molar-refractivity contribution in [1.82, 2.24) is 5.32 Å². The van der Waals surface area contributed by atoms with Gasteiger partial charge in [0.1, 0.15) is 0 Å². The fraction of sp³-hybridized carbons (Fsp3) is 0.588. The second-order valence-corrected chi connectivity index (χ2v) is 6.21. The Morgan fingerprint density at radius 1 is 1.25 bits per heavy atom. The third-order valence-electron chi connectivity index (χ3n) is 4.92. The molecular weight excluding hydrogens is 248 g/mol. The van der Waals surface area contributed by atoms with Crippen LogP contribution in [0.15, 0.2) is 24.3 Å². The molecule has 20 heavy (non-hydrogen) atoms. The highest BCUT2D eigenvalue weighted by Crippen LogP contribution is 2.48. The maximum atomic E-state index is 12.5. The Balaban J connectivity index is 1.66. The van der Waals surface area contributed by atoms with Gasteiger partial charge in [-0.2, -0.15) is 0 Å². The SMILES string of the molecule is CCNCc1ccccc1NC(=O)C1CC2CCC1C2. The Kier molecular flexibility index (Phi) is 4.06. The Morgan fingerprint density at radius 2 is 2.10 bits per heavy atom. The summed E-state index contributed by atoms with van der Waals surface area (Å²) in [6, 6.07) is 8.11. The summed E-state index contributed by atoms with van der Waals surface area (Å²) in [5.41, 5.74) is 2.15. The van der Waals surface area contributed by atoms with Crippen LogP contribution >= 0.6 is 0 Å².